The molecule has 0 atom stereocenters. The molecule has 0 aliphatic heterocycles. The van der Waals surface area contributed by atoms with Crippen molar-refractivity contribution < 1.29 is 14.3 Å². The highest BCUT2D eigenvalue weighted by Crippen LogP contribution is 2.21. The summed E-state index contributed by atoms with van der Waals surface area (Å²) in [5.74, 6) is -0.0363. The second kappa shape index (κ2) is 9.67. The van der Waals surface area contributed by atoms with Crippen molar-refractivity contribution in [3.63, 3.8) is 0 Å². The molecular formula is C25H25ClN2O3. The summed E-state index contributed by atoms with van der Waals surface area (Å²) in [5.41, 5.74) is 1.73. The fourth-order valence-corrected chi connectivity index (χ4v) is 3.09. The lowest BCUT2D eigenvalue weighted by Crippen LogP contribution is -2.40. The predicted molar refractivity (Wildman–Crippen MR) is 124 cm³/mol. The summed E-state index contributed by atoms with van der Waals surface area (Å²) in [6, 6.07) is 21.2. The number of carbonyl (C=O) groups is 2. The zero-order chi connectivity index (χ0) is 22.4. The standard InChI is InChI=1S/C25H25ClN2O3/c1-25(2,3)28-24(30)20-12-5-7-14-22(20)27-23(29)17-10-8-11-19(15-17)31-16-18-9-4-6-13-21(18)26/h4-15H,16H2,1-3H3,(H,27,29)(H,28,30). The first-order chi connectivity index (χ1) is 14.7. The molecule has 0 fully saturated rings. The third-order valence-electron chi connectivity index (χ3n) is 4.36. The zero-order valence-corrected chi connectivity index (χ0v) is 18.5. The number of rotatable bonds is 6. The van der Waals surface area contributed by atoms with Crippen molar-refractivity contribution in [2.75, 3.05) is 5.32 Å². The molecule has 0 heterocycles. The number of ether oxygens (including phenoxy) is 1. The number of amides is 2. The summed E-state index contributed by atoms with van der Waals surface area (Å²) < 4.78 is 5.80. The monoisotopic (exact) mass is 436 g/mol. The molecule has 5 nitrogen and oxygen atoms in total. The lowest BCUT2D eigenvalue weighted by Gasteiger charge is -2.21. The van der Waals surface area contributed by atoms with Crippen molar-refractivity contribution >= 4 is 29.1 Å². The first kappa shape index (κ1) is 22.4. The van der Waals surface area contributed by atoms with Gasteiger partial charge in [0.2, 0.25) is 0 Å². The van der Waals surface area contributed by atoms with Crippen molar-refractivity contribution in [3.05, 3.63) is 94.5 Å². The quantitative estimate of drug-likeness (QED) is 0.520. The molecule has 160 valence electrons. The maximum absolute atomic E-state index is 12.8. The molecule has 0 aromatic heterocycles. The van der Waals surface area contributed by atoms with Crippen LogP contribution in [0.1, 0.15) is 47.1 Å². The van der Waals surface area contributed by atoms with Gasteiger partial charge in [-0.3, -0.25) is 9.59 Å². The normalized spacial score (nSPS) is 11.0. The van der Waals surface area contributed by atoms with E-state index in [1.807, 2.05) is 39.0 Å². The van der Waals surface area contributed by atoms with Crippen molar-refractivity contribution in [1.29, 1.82) is 0 Å². The van der Waals surface area contributed by atoms with E-state index in [1.165, 1.54) is 0 Å². The minimum atomic E-state index is -0.387. The second-order valence-corrected chi connectivity index (χ2v) is 8.52. The van der Waals surface area contributed by atoms with Crippen LogP contribution in [0.2, 0.25) is 5.02 Å². The number of hydrogen-bond acceptors (Lipinski definition) is 3. The Morgan fingerprint density at radius 1 is 0.903 bits per heavy atom. The van der Waals surface area contributed by atoms with Gasteiger partial charge in [0.15, 0.2) is 0 Å². The number of benzene rings is 3. The summed E-state index contributed by atoms with van der Waals surface area (Å²) in [5, 5.41) is 6.37. The maximum Gasteiger partial charge on any atom is 0.255 e. The van der Waals surface area contributed by atoms with Crippen LogP contribution in [-0.4, -0.2) is 17.4 Å². The molecule has 0 unspecified atom stereocenters. The molecule has 3 aromatic carbocycles. The van der Waals surface area contributed by atoms with Gasteiger partial charge in [0.25, 0.3) is 11.8 Å². The van der Waals surface area contributed by atoms with Crippen molar-refractivity contribution in [2.24, 2.45) is 0 Å². The zero-order valence-electron chi connectivity index (χ0n) is 17.7. The van der Waals surface area contributed by atoms with Gasteiger partial charge in [-0.2, -0.15) is 0 Å². The fraction of sp³-hybridized carbons (Fsp3) is 0.200. The third kappa shape index (κ3) is 6.33. The molecule has 3 rings (SSSR count). The van der Waals surface area contributed by atoms with Gasteiger partial charge in [-0.25, -0.2) is 0 Å². The van der Waals surface area contributed by atoms with E-state index in [0.717, 1.165) is 5.56 Å². The Morgan fingerprint density at radius 2 is 1.61 bits per heavy atom. The molecule has 0 aliphatic carbocycles. The smallest absolute Gasteiger partial charge is 0.255 e. The molecule has 0 saturated heterocycles. The number of hydrogen-bond donors (Lipinski definition) is 2. The van der Waals surface area contributed by atoms with E-state index in [4.69, 9.17) is 16.3 Å². The van der Waals surface area contributed by atoms with E-state index in [9.17, 15) is 9.59 Å². The summed E-state index contributed by atoms with van der Waals surface area (Å²) >= 11 is 6.17. The molecule has 2 N–H and O–H groups in total. The molecule has 6 heteroatoms. The van der Waals surface area contributed by atoms with Crippen molar-refractivity contribution in [1.82, 2.24) is 5.32 Å². The largest absolute Gasteiger partial charge is 0.489 e. The maximum atomic E-state index is 12.8. The molecule has 31 heavy (non-hydrogen) atoms. The second-order valence-electron chi connectivity index (χ2n) is 8.11. The van der Waals surface area contributed by atoms with Gasteiger partial charge < -0.3 is 15.4 Å². The van der Waals surface area contributed by atoms with Crippen LogP contribution in [0.4, 0.5) is 5.69 Å². The minimum absolute atomic E-state index is 0.250. The summed E-state index contributed by atoms with van der Waals surface area (Å²) in [4.78, 5) is 25.4. The van der Waals surface area contributed by atoms with Crippen LogP contribution in [0.25, 0.3) is 0 Å². The molecule has 0 radical (unpaired) electrons. The van der Waals surface area contributed by atoms with E-state index in [2.05, 4.69) is 10.6 Å². The lowest BCUT2D eigenvalue weighted by atomic mass is 10.1. The van der Waals surface area contributed by atoms with E-state index in [1.54, 1.807) is 54.6 Å². The fourth-order valence-electron chi connectivity index (χ4n) is 2.90. The molecular weight excluding hydrogens is 412 g/mol. The van der Waals surface area contributed by atoms with Crippen LogP contribution in [0.3, 0.4) is 0 Å². The Hall–Kier alpha value is -3.31. The van der Waals surface area contributed by atoms with E-state index in [-0.39, 0.29) is 17.4 Å². The van der Waals surface area contributed by atoms with Gasteiger partial charge in [0.05, 0.1) is 11.3 Å². The van der Waals surface area contributed by atoms with E-state index >= 15 is 0 Å². The molecule has 2 amide bonds. The highest BCUT2D eigenvalue weighted by atomic mass is 35.5. The topological polar surface area (TPSA) is 67.4 Å². The highest BCUT2D eigenvalue weighted by molar-refractivity contribution is 6.31. The predicted octanol–water partition coefficient (Wildman–Crippen LogP) is 5.70. The minimum Gasteiger partial charge on any atom is -0.489 e. The van der Waals surface area contributed by atoms with E-state index < -0.39 is 0 Å². The molecule has 0 spiro atoms. The molecule has 0 bridgehead atoms. The van der Waals surface area contributed by atoms with Crippen LogP contribution < -0.4 is 15.4 Å². The van der Waals surface area contributed by atoms with Gasteiger partial charge in [-0.05, 0) is 57.2 Å². The van der Waals surface area contributed by atoms with Gasteiger partial charge in [-0.1, -0.05) is 48.0 Å². The van der Waals surface area contributed by atoms with Gasteiger partial charge in [0.1, 0.15) is 12.4 Å². The Bertz CT molecular complexity index is 1090. The molecule has 0 aliphatic rings. The molecule has 3 aromatic rings. The SMILES string of the molecule is CC(C)(C)NC(=O)c1ccccc1NC(=O)c1cccc(OCc2ccccc2Cl)c1. The number of nitrogens with one attached hydrogen (secondary N) is 2. The first-order valence-corrected chi connectivity index (χ1v) is 10.3. The molecule has 0 saturated carbocycles. The van der Waals surface area contributed by atoms with Crippen molar-refractivity contribution in [3.8, 4) is 5.75 Å². The third-order valence-corrected chi connectivity index (χ3v) is 4.73. The number of halogens is 1. The van der Waals surface area contributed by atoms with Crippen LogP contribution in [-0.2, 0) is 6.61 Å². The Balaban J connectivity index is 1.72. The Kier molecular flexibility index (Phi) is 6.98. The first-order valence-electron chi connectivity index (χ1n) is 9.92. The van der Waals surface area contributed by atoms with Crippen LogP contribution in [0.15, 0.2) is 72.8 Å². The van der Waals surface area contributed by atoms with E-state index in [0.29, 0.717) is 34.2 Å². The van der Waals surface area contributed by atoms with Crippen LogP contribution in [0, 0.1) is 0 Å². The van der Waals surface area contributed by atoms with Gasteiger partial charge >= 0.3 is 0 Å². The van der Waals surface area contributed by atoms with Crippen molar-refractivity contribution in [2.45, 2.75) is 32.9 Å². The number of carbonyl (C=O) groups excluding carboxylic acids is 2. The van der Waals surface area contributed by atoms with Crippen LogP contribution >= 0.6 is 11.6 Å². The average Bonchev–Trinajstić information content (AvgIpc) is 2.72. The number of para-hydroxylation sites is 1. The number of anilines is 1. The summed E-state index contributed by atoms with van der Waals surface area (Å²) in [7, 11) is 0. The summed E-state index contributed by atoms with van der Waals surface area (Å²) in [6.45, 7) is 6.00. The lowest BCUT2D eigenvalue weighted by molar-refractivity contribution is 0.0920. The summed E-state index contributed by atoms with van der Waals surface area (Å²) in [6.07, 6.45) is 0. The van der Waals surface area contributed by atoms with Gasteiger partial charge in [-0.15, -0.1) is 0 Å². The average molecular weight is 437 g/mol. The highest BCUT2D eigenvalue weighted by Gasteiger charge is 2.19. The van der Waals surface area contributed by atoms with Gasteiger partial charge in [0, 0.05) is 21.7 Å². The Labute approximate surface area is 187 Å². The Morgan fingerprint density at radius 3 is 2.35 bits per heavy atom. The van der Waals surface area contributed by atoms with Crippen LogP contribution in [0.5, 0.6) is 5.75 Å².